The van der Waals surface area contributed by atoms with Gasteiger partial charge in [0.15, 0.2) is 0 Å². The number of halogens is 2. The summed E-state index contributed by atoms with van der Waals surface area (Å²) >= 11 is 6.40. The minimum Gasteiger partial charge on any atom is -0.371 e. The molecule has 0 spiro atoms. The Morgan fingerprint density at radius 3 is 2.20 bits per heavy atom. The van der Waals surface area contributed by atoms with E-state index in [0.717, 1.165) is 56.9 Å². The van der Waals surface area contributed by atoms with E-state index in [1.807, 2.05) is 12.1 Å². The number of nitrogens with zero attached hydrogens (tertiary/aromatic N) is 3. The van der Waals surface area contributed by atoms with Crippen LogP contribution in [0.25, 0.3) is 0 Å². The fourth-order valence-electron chi connectivity index (χ4n) is 5.18. The van der Waals surface area contributed by atoms with E-state index in [1.165, 1.54) is 27.4 Å². The lowest BCUT2D eigenvalue weighted by Gasteiger charge is -2.37. The predicted molar refractivity (Wildman–Crippen MR) is 137 cm³/mol. The molecule has 0 atom stereocenters. The van der Waals surface area contributed by atoms with Crippen LogP contribution >= 0.6 is 11.6 Å². The van der Waals surface area contributed by atoms with E-state index >= 15 is 0 Å². The normalized spacial score (nSPS) is 18.6. The minimum absolute atomic E-state index is 0.0301. The van der Waals surface area contributed by atoms with Crippen LogP contribution in [0.15, 0.2) is 47.4 Å². The quantitative estimate of drug-likeness (QED) is 0.543. The second-order valence-electron chi connectivity index (χ2n) is 9.83. The molecule has 1 amide bonds. The summed E-state index contributed by atoms with van der Waals surface area (Å²) in [6.07, 6.45) is 4.95. The average Bonchev–Trinajstić information content (AvgIpc) is 2.84. The van der Waals surface area contributed by atoms with Crippen molar-refractivity contribution in [2.24, 2.45) is 11.8 Å². The zero-order valence-corrected chi connectivity index (χ0v) is 21.9. The zero-order valence-electron chi connectivity index (χ0n) is 20.3. The summed E-state index contributed by atoms with van der Waals surface area (Å²) < 4.78 is 40.7. The zero-order chi connectivity index (χ0) is 25.2. The molecule has 2 fully saturated rings. The van der Waals surface area contributed by atoms with Crippen LogP contribution < -0.4 is 4.90 Å². The van der Waals surface area contributed by atoms with E-state index < -0.39 is 15.8 Å². The molecule has 0 saturated carbocycles. The van der Waals surface area contributed by atoms with Crippen LogP contribution in [0.4, 0.5) is 10.1 Å². The number of benzene rings is 2. The molecule has 2 saturated heterocycles. The lowest BCUT2D eigenvalue weighted by molar-refractivity contribution is 0.0828. The molecule has 2 aliphatic rings. The lowest BCUT2D eigenvalue weighted by atomic mass is 9.83. The molecule has 190 valence electrons. The SMILES string of the molecule is CN(C)C(=O)c1ccc(N2CCC(CC3CCN(S(=O)(=O)c4cccc(F)c4)CC3)CC2)cc1Cl. The van der Waals surface area contributed by atoms with Gasteiger partial charge in [-0.3, -0.25) is 4.79 Å². The third-order valence-electron chi connectivity index (χ3n) is 7.24. The van der Waals surface area contributed by atoms with Crippen molar-refractivity contribution in [3.8, 4) is 0 Å². The van der Waals surface area contributed by atoms with Crippen LogP contribution in [0.2, 0.25) is 5.02 Å². The Hall–Kier alpha value is -2.16. The summed E-state index contributed by atoms with van der Waals surface area (Å²) in [5, 5.41) is 0.475. The maximum Gasteiger partial charge on any atom is 0.254 e. The van der Waals surface area contributed by atoms with Gasteiger partial charge >= 0.3 is 0 Å². The van der Waals surface area contributed by atoms with Crippen LogP contribution in [0.1, 0.15) is 42.5 Å². The molecule has 0 aromatic heterocycles. The predicted octanol–water partition coefficient (Wildman–Crippen LogP) is 4.89. The van der Waals surface area contributed by atoms with Crippen molar-refractivity contribution >= 4 is 33.2 Å². The first-order valence-corrected chi connectivity index (χ1v) is 14.0. The van der Waals surface area contributed by atoms with Crippen molar-refractivity contribution in [3.63, 3.8) is 0 Å². The van der Waals surface area contributed by atoms with Crippen LogP contribution in [0.3, 0.4) is 0 Å². The van der Waals surface area contributed by atoms with Crippen LogP contribution in [0, 0.1) is 17.7 Å². The Bertz CT molecular complexity index is 1160. The Labute approximate surface area is 212 Å². The molecule has 2 heterocycles. The monoisotopic (exact) mass is 521 g/mol. The summed E-state index contributed by atoms with van der Waals surface area (Å²) in [5.41, 5.74) is 1.56. The van der Waals surface area contributed by atoms with E-state index in [-0.39, 0.29) is 10.8 Å². The highest BCUT2D eigenvalue weighted by Crippen LogP contribution is 2.34. The van der Waals surface area contributed by atoms with Gasteiger partial charge in [-0.25, -0.2) is 12.8 Å². The van der Waals surface area contributed by atoms with Gasteiger partial charge in [0.25, 0.3) is 5.91 Å². The molecule has 9 heteroatoms. The fourth-order valence-corrected chi connectivity index (χ4v) is 6.93. The fraction of sp³-hybridized carbons (Fsp3) is 0.500. The molecule has 2 aromatic carbocycles. The van der Waals surface area contributed by atoms with Crippen molar-refractivity contribution in [2.75, 3.05) is 45.2 Å². The molecule has 35 heavy (non-hydrogen) atoms. The number of rotatable bonds is 6. The highest BCUT2D eigenvalue weighted by molar-refractivity contribution is 7.89. The number of hydrogen-bond acceptors (Lipinski definition) is 4. The highest BCUT2D eigenvalue weighted by Gasteiger charge is 2.31. The number of amides is 1. The number of anilines is 1. The van der Waals surface area contributed by atoms with Crippen molar-refractivity contribution in [1.82, 2.24) is 9.21 Å². The summed E-state index contributed by atoms with van der Waals surface area (Å²) in [6, 6.07) is 10.9. The summed E-state index contributed by atoms with van der Waals surface area (Å²) in [7, 11) is -0.218. The molecular weight excluding hydrogens is 489 g/mol. The summed E-state index contributed by atoms with van der Waals surface area (Å²) in [5.74, 6) is 0.492. The summed E-state index contributed by atoms with van der Waals surface area (Å²) in [6.45, 7) is 2.85. The first-order valence-electron chi connectivity index (χ1n) is 12.2. The van der Waals surface area contributed by atoms with E-state index in [0.29, 0.717) is 35.5 Å². The van der Waals surface area contributed by atoms with Crippen molar-refractivity contribution in [3.05, 3.63) is 58.9 Å². The van der Waals surface area contributed by atoms with Crippen LogP contribution in [-0.2, 0) is 10.0 Å². The van der Waals surface area contributed by atoms with E-state index in [9.17, 15) is 17.6 Å². The van der Waals surface area contributed by atoms with Gasteiger partial charge in [0.2, 0.25) is 10.0 Å². The van der Waals surface area contributed by atoms with Crippen molar-refractivity contribution < 1.29 is 17.6 Å². The summed E-state index contributed by atoms with van der Waals surface area (Å²) in [4.78, 5) is 16.1. The van der Waals surface area contributed by atoms with Gasteiger partial charge < -0.3 is 9.80 Å². The van der Waals surface area contributed by atoms with Gasteiger partial charge in [-0.2, -0.15) is 4.31 Å². The highest BCUT2D eigenvalue weighted by atomic mass is 35.5. The second kappa shape index (κ2) is 10.8. The third kappa shape index (κ3) is 5.98. The minimum atomic E-state index is -3.64. The first-order chi connectivity index (χ1) is 16.6. The van der Waals surface area contributed by atoms with E-state index in [4.69, 9.17) is 11.6 Å². The van der Waals surface area contributed by atoms with E-state index in [1.54, 1.807) is 20.2 Å². The molecule has 0 unspecified atom stereocenters. The smallest absolute Gasteiger partial charge is 0.254 e. The number of carbonyl (C=O) groups excluding carboxylic acids is 1. The first kappa shape index (κ1) is 25.9. The van der Waals surface area contributed by atoms with E-state index in [2.05, 4.69) is 4.90 Å². The van der Waals surface area contributed by atoms with Crippen molar-refractivity contribution in [2.45, 2.75) is 37.0 Å². The van der Waals surface area contributed by atoms with Crippen molar-refractivity contribution in [1.29, 1.82) is 0 Å². The maximum atomic E-state index is 13.5. The third-order valence-corrected chi connectivity index (χ3v) is 9.45. The standard InChI is InChI=1S/C26H33ClFN3O3S/c1-29(2)26(32)24-7-6-22(18-25(24)27)30-12-8-19(9-13-30)16-20-10-14-31(15-11-20)35(33,34)23-5-3-4-21(28)17-23/h3-7,17-20H,8-16H2,1-2H3. The Balaban J connectivity index is 1.27. The molecule has 0 aliphatic carbocycles. The van der Waals surface area contributed by atoms with Gasteiger partial charge in [0.05, 0.1) is 15.5 Å². The molecule has 2 aliphatic heterocycles. The van der Waals surface area contributed by atoms with Gasteiger partial charge in [-0.15, -0.1) is 0 Å². The van der Waals surface area contributed by atoms with Gasteiger partial charge in [-0.05, 0) is 80.3 Å². The van der Waals surface area contributed by atoms with Gasteiger partial charge in [-0.1, -0.05) is 17.7 Å². The number of hydrogen-bond donors (Lipinski definition) is 0. The van der Waals surface area contributed by atoms with Gasteiger partial charge in [0.1, 0.15) is 5.82 Å². The van der Waals surface area contributed by atoms with Gasteiger partial charge in [0, 0.05) is 46.0 Å². The second-order valence-corrected chi connectivity index (χ2v) is 12.2. The lowest BCUT2D eigenvalue weighted by Crippen LogP contribution is -2.39. The molecule has 0 N–H and O–H groups in total. The molecule has 2 aromatic rings. The maximum absolute atomic E-state index is 13.5. The largest absolute Gasteiger partial charge is 0.371 e. The Kier molecular flexibility index (Phi) is 8.03. The van der Waals surface area contributed by atoms with Crippen LogP contribution in [-0.4, -0.2) is 63.8 Å². The number of sulfonamides is 1. The molecule has 0 bridgehead atoms. The molecular formula is C26H33ClFN3O3S. The number of piperidine rings is 2. The van der Waals surface area contributed by atoms with Crippen LogP contribution in [0.5, 0.6) is 0 Å². The Morgan fingerprint density at radius 2 is 1.63 bits per heavy atom. The molecule has 6 nitrogen and oxygen atoms in total. The molecule has 0 radical (unpaired) electrons. The Morgan fingerprint density at radius 1 is 1.00 bits per heavy atom. The molecule has 4 rings (SSSR count). The number of carbonyl (C=O) groups is 1. The average molecular weight is 522 g/mol. The topological polar surface area (TPSA) is 60.9 Å².